The lowest BCUT2D eigenvalue weighted by molar-refractivity contribution is -0.119. The predicted molar refractivity (Wildman–Crippen MR) is 108 cm³/mol. The summed E-state index contributed by atoms with van der Waals surface area (Å²) in [7, 11) is 3.13. The zero-order valence-electron chi connectivity index (χ0n) is 16.8. The Hall–Kier alpha value is -3.62. The van der Waals surface area contributed by atoms with Crippen molar-refractivity contribution in [3.05, 3.63) is 57.0 Å². The molecule has 0 aliphatic heterocycles. The summed E-state index contributed by atoms with van der Waals surface area (Å²) in [6.07, 6.45) is 1.78. The van der Waals surface area contributed by atoms with Crippen LogP contribution in [0.1, 0.15) is 25.6 Å². The van der Waals surface area contributed by atoms with Crippen molar-refractivity contribution in [2.24, 2.45) is 7.05 Å². The van der Waals surface area contributed by atoms with Gasteiger partial charge >= 0.3 is 5.69 Å². The lowest BCUT2D eigenvalue weighted by Gasteiger charge is -2.12. The van der Waals surface area contributed by atoms with Crippen LogP contribution >= 0.6 is 0 Å². The van der Waals surface area contributed by atoms with E-state index in [2.05, 4.69) is 4.98 Å². The highest BCUT2D eigenvalue weighted by Crippen LogP contribution is 2.27. The highest BCUT2D eigenvalue weighted by Gasteiger charge is 2.24. The van der Waals surface area contributed by atoms with Crippen molar-refractivity contribution in [2.75, 3.05) is 7.11 Å². The van der Waals surface area contributed by atoms with E-state index in [1.807, 2.05) is 35.8 Å². The summed E-state index contributed by atoms with van der Waals surface area (Å²) in [5, 5.41) is 0. The van der Waals surface area contributed by atoms with E-state index in [4.69, 9.17) is 4.74 Å². The molecule has 9 nitrogen and oxygen atoms in total. The smallest absolute Gasteiger partial charge is 0.333 e. The van der Waals surface area contributed by atoms with Gasteiger partial charge in [0.25, 0.3) is 5.56 Å². The van der Waals surface area contributed by atoms with E-state index in [0.717, 1.165) is 15.9 Å². The molecule has 3 heterocycles. The standard InChI is InChI=1S/C20H21N5O4/c1-11-10-23-16-17(22(4)20(28)25(18(16)27)12(2)13(3)26)21-19(23)24(11)14-8-6-7-9-15(14)29-5/h6-10,12H,1-5H3/t12-/m1/s1. The van der Waals surface area contributed by atoms with E-state index in [-0.39, 0.29) is 16.9 Å². The lowest BCUT2D eigenvalue weighted by atomic mass is 10.2. The number of ketones is 1. The van der Waals surface area contributed by atoms with E-state index >= 15 is 0 Å². The van der Waals surface area contributed by atoms with E-state index in [9.17, 15) is 14.4 Å². The van der Waals surface area contributed by atoms with Gasteiger partial charge in [-0.05, 0) is 32.9 Å². The van der Waals surface area contributed by atoms with E-state index < -0.39 is 17.3 Å². The number of carbonyl (C=O) groups excluding carboxylic acids is 1. The second kappa shape index (κ2) is 6.47. The van der Waals surface area contributed by atoms with E-state index in [1.54, 1.807) is 31.7 Å². The number of hydrogen-bond acceptors (Lipinski definition) is 5. The molecule has 0 amide bonds. The molecule has 0 radical (unpaired) electrons. The molecule has 0 unspecified atom stereocenters. The summed E-state index contributed by atoms with van der Waals surface area (Å²) >= 11 is 0. The van der Waals surface area contributed by atoms with E-state index in [0.29, 0.717) is 11.5 Å². The molecule has 0 N–H and O–H groups in total. The molecular weight excluding hydrogens is 374 g/mol. The maximum Gasteiger partial charge on any atom is 0.333 e. The minimum absolute atomic E-state index is 0.243. The van der Waals surface area contributed by atoms with Crippen LogP contribution in [0.25, 0.3) is 22.6 Å². The average molecular weight is 395 g/mol. The largest absolute Gasteiger partial charge is 0.495 e. The Kier molecular flexibility index (Phi) is 4.18. The quantitative estimate of drug-likeness (QED) is 0.523. The Bertz CT molecular complexity index is 1400. The fraction of sp³-hybridized carbons (Fsp3) is 0.300. The highest BCUT2D eigenvalue weighted by atomic mass is 16.5. The number of Topliss-reactive ketones (excluding diaryl/α,β-unsaturated/α-hetero) is 1. The molecule has 150 valence electrons. The van der Waals surface area contributed by atoms with Crippen molar-refractivity contribution < 1.29 is 9.53 Å². The zero-order valence-corrected chi connectivity index (χ0v) is 16.8. The Labute approximate surface area is 165 Å². The van der Waals surface area contributed by atoms with Gasteiger partial charge in [-0.3, -0.25) is 23.1 Å². The highest BCUT2D eigenvalue weighted by molar-refractivity contribution is 5.81. The van der Waals surface area contributed by atoms with Crippen LogP contribution in [-0.2, 0) is 11.8 Å². The molecule has 0 bridgehead atoms. The van der Waals surface area contributed by atoms with Crippen molar-refractivity contribution in [1.29, 1.82) is 0 Å². The summed E-state index contributed by atoms with van der Waals surface area (Å²) in [4.78, 5) is 42.4. The maximum absolute atomic E-state index is 13.2. The van der Waals surface area contributed by atoms with Gasteiger partial charge in [-0.15, -0.1) is 0 Å². The summed E-state index contributed by atoms with van der Waals surface area (Å²) < 4.78 is 11.3. The third-order valence-electron chi connectivity index (χ3n) is 5.28. The van der Waals surface area contributed by atoms with Crippen LogP contribution in [0.4, 0.5) is 0 Å². The molecule has 0 aliphatic carbocycles. The van der Waals surface area contributed by atoms with Crippen LogP contribution in [0.15, 0.2) is 40.1 Å². The van der Waals surface area contributed by atoms with Crippen LogP contribution in [0.5, 0.6) is 5.75 Å². The first kappa shape index (κ1) is 18.7. The number of rotatable bonds is 4. The Balaban J connectivity index is 2.16. The molecule has 0 fully saturated rings. The normalized spacial score (nSPS) is 12.6. The van der Waals surface area contributed by atoms with Gasteiger partial charge in [-0.25, -0.2) is 9.36 Å². The molecule has 3 aromatic heterocycles. The molecule has 1 aromatic carbocycles. The third kappa shape index (κ3) is 2.54. The first-order valence-electron chi connectivity index (χ1n) is 9.13. The molecule has 1 atom stereocenters. The Morgan fingerprint density at radius 2 is 1.90 bits per heavy atom. The van der Waals surface area contributed by atoms with Gasteiger partial charge in [-0.1, -0.05) is 12.1 Å². The van der Waals surface area contributed by atoms with Crippen LogP contribution in [0.2, 0.25) is 0 Å². The van der Waals surface area contributed by atoms with Crippen molar-refractivity contribution in [1.82, 2.24) is 23.1 Å². The number of ether oxygens (including phenoxy) is 1. The first-order valence-corrected chi connectivity index (χ1v) is 9.13. The molecule has 0 saturated heterocycles. The third-order valence-corrected chi connectivity index (χ3v) is 5.28. The number of methoxy groups -OCH3 is 1. The summed E-state index contributed by atoms with van der Waals surface area (Å²) in [5.41, 5.74) is 0.971. The van der Waals surface area contributed by atoms with E-state index in [1.165, 1.54) is 11.5 Å². The second-order valence-electron chi connectivity index (χ2n) is 7.04. The van der Waals surface area contributed by atoms with Gasteiger partial charge in [0.05, 0.1) is 18.8 Å². The van der Waals surface area contributed by atoms with Crippen LogP contribution in [-0.4, -0.2) is 36.0 Å². The van der Waals surface area contributed by atoms with Crippen LogP contribution in [0.3, 0.4) is 0 Å². The number of fused-ring (bicyclic) bond motifs is 3. The molecule has 4 rings (SSSR count). The Morgan fingerprint density at radius 1 is 1.21 bits per heavy atom. The van der Waals surface area contributed by atoms with Gasteiger partial charge in [0.2, 0.25) is 5.78 Å². The number of para-hydroxylation sites is 2. The van der Waals surface area contributed by atoms with Crippen molar-refractivity contribution >= 4 is 22.7 Å². The maximum atomic E-state index is 13.2. The van der Waals surface area contributed by atoms with Gasteiger partial charge in [0.1, 0.15) is 5.75 Å². The fourth-order valence-corrected chi connectivity index (χ4v) is 3.61. The molecular formula is C20H21N5O4. The van der Waals surface area contributed by atoms with Crippen molar-refractivity contribution in [3.8, 4) is 11.4 Å². The molecule has 0 spiro atoms. The Morgan fingerprint density at radius 3 is 2.55 bits per heavy atom. The van der Waals surface area contributed by atoms with Gasteiger partial charge in [0.15, 0.2) is 16.9 Å². The molecule has 9 heteroatoms. The number of imidazole rings is 2. The average Bonchev–Trinajstić information content (AvgIpc) is 3.20. The molecule has 29 heavy (non-hydrogen) atoms. The monoisotopic (exact) mass is 395 g/mol. The topological polar surface area (TPSA) is 92.5 Å². The van der Waals surface area contributed by atoms with Crippen molar-refractivity contribution in [2.45, 2.75) is 26.8 Å². The minimum Gasteiger partial charge on any atom is -0.495 e. The van der Waals surface area contributed by atoms with Crippen LogP contribution in [0, 0.1) is 6.92 Å². The number of benzene rings is 1. The lowest BCUT2D eigenvalue weighted by Crippen LogP contribution is -2.42. The van der Waals surface area contributed by atoms with Gasteiger partial charge in [-0.2, -0.15) is 4.98 Å². The zero-order chi connectivity index (χ0) is 21.0. The number of aromatic nitrogens is 5. The van der Waals surface area contributed by atoms with Crippen LogP contribution < -0.4 is 16.0 Å². The number of aryl methyl sites for hydroxylation is 2. The van der Waals surface area contributed by atoms with Gasteiger partial charge in [0, 0.05) is 18.9 Å². The number of hydrogen-bond donors (Lipinski definition) is 0. The number of nitrogens with zero attached hydrogens (tertiary/aromatic N) is 5. The molecule has 4 aromatic rings. The fourth-order valence-electron chi connectivity index (χ4n) is 3.61. The SMILES string of the molecule is COc1ccccc1-n1c(C)cn2c3c(=O)n([C@H](C)C(C)=O)c(=O)n(C)c3nc12. The minimum atomic E-state index is -0.867. The predicted octanol–water partition coefficient (Wildman–Crippen LogP) is 1.61. The number of carbonyl (C=O) groups is 1. The molecule has 0 aliphatic rings. The van der Waals surface area contributed by atoms with Crippen molar-refractivity contribution in [3.63, 3.8) is 0 Å². The first-order chi connectivity index (χ1) is 13.8. The molecule has 0 saturated carbocycles. The summed E-state index contributed by atoms with van der Waals surface area (Å²) in [6, 6.07) is 6.61. The summed E-state index contributed by atoms with van der Waals surface area (Å²) in [5.74, 6) is 0.853. The van der Waals surface area contributed by atoms with Gasteiger partial charge < -0.3 is 4.74 Å². The second-order valence-corrected chi connectivity index (χ2v) is 7.04. The summed E-state index contributed by atoms with van der Waals surface area (Å²) in [6.45, 7) is 4.79.